The molecule has 12 unspecified atom stereocenters. The molecule has 104 heavy (non-hydrogen) atoms. The number of carbonyl (C=O) groups is 8. The lowest BCUT2D eigenvalue weighted by Crippen LogP contribution is -2.38. The van der Waals surface area contributed by atoms with Gasteiger partial charge in [0, 0.05) is 83.1 Å². The van der Waals surface area contributed by atoms with Crippen molar-refractivity contribution >= 4 is 52.3 Å². The fourth-order valence-corrected chi connectivity index (χ4v) is 14.1. The van der Waals surface area contributed by atoms with E-state index >= 15 is 0 Å². The Balaban J connectivity index is 0.000000142. The average molecular weight is 1430 g/mol. The van der Waals surface area contributed by atoms with Crippen LogP contribution in [0.2, 0.25) is 0 Å². The molecule has 0 spiro atoms. The molecule has 0 fully saturated rings. The minimum atomic E-state index is -4.48. The second-order valence-corrected chi connectivity index (χ2v) is 26.6. The van der Waals surface area contributed by atoms with Crippen molar-refractivity contribution in [3.63, 3.8) is 0 Å². The highest BCUT2D eigenvalue weighted by Crippen LogP contribution is 2.45. The Morgan fingerprint density at radius 2 is 0.856 bits per heavy atom. The first kappa shape index (κ1) is 79.5. The van der Waals surface area contributed by atoms with Gasteiger partial charge in [0.05, 0.1) is 61.4 Å². The monoisotopic (exact) mass is 1430 g/mol. The topological polar surface area (TPSA) is 216 Å². The van der Waals surface area contributed by atoms with Crippen LogP contribution in [0.4, 0.5) is 18.9 Å². The summed E-state index contributed by atoms with van der Waals surface area (Å²) in [5.41, 5.74) is 10.6. The summed E-state index contributed by atoms with van der Waals surface area (Å²) >= 11 is 0. The Kier molecular flexibility index (Phi) is 27.8. The van der Waals surface area contributed by atoms with Gasteiger partial charge < -0.3 is 43.4 Å². The van der Waals surface area contributed by atoms with Gasteiger partial charge in [0.1, 0.15) is 48.8 Å². The predicted octanol–water partition coefficient (Wildman–Crippen LogP) is 13.5. The lowest BCUT2D eigenvalue weighted by Gasteiger charge is -2.26. The Hall–Kier alpha value is -8.65. The van der Waals surface area contributed by atoms with Gasteiger partial charge >= 0.3 is 12.1 Å². The number of ether oxygens (including phenoxy) is 7. The van der Waals surface area contributed by atoms with Crippen LogP contribution >= 0.6 is 0 Å². The molecular formula is C84H95F3N2O15. The molecule has 15 rings (SSSR count). The Morgan fingerprint density at radius 1 is 0.462 bits per heavy atom. The first-order valence-corrected chi connectivity index (χ1v) is 36.3. The lowest BCUT2D eigenvalue weighted by molar-refractivity contribution is -0.137. The molecule has 13 aliphatic heterocycles. The zero-order valence-electron chi connectivity index (χ0n) is 61.2. The smallest absolute Gasteiger partial charge is 0.415 e. The van der Waals surface area contributed by atoms with Gasteiger partial charge in [-0.05, 0) is 106 Å². The third-order valence-corrected chi connectivity index (χ3v) is 19.3. The highest BCUT2D eigenvalue weighted by molar-refractivity contribution is 6.07. The van der Waals surface area contributed by atoms with Crippen LogP contribution < -0.4 is 10.2 Å². The van der Waals surface area contributed by atoms with E-state index in [0.717, 1.165) is 93.6 Å². The molecule has 17 nitrogen and oxygen atoms in total. The SMILES string of the molecule is CCC(=O)C1=C(C)C2C=CC1O2.CCCC(=O)C1=C(C(=O)OC)C2C=CC1O2.CCCC(=O)C1=C(C(F)(F)F)C2C=CC1O2.CCCC(=O)C1=C(C)C2C=CC1O2.CCCC(=O)C1=C(C)C2C=CC1O2.CCCC(=O)C1=CC2C=CC1O2.CCNCC(=O)N1Cc2ccccc2C#Cc2ccccc21. The molecule has 0 saturated carbocycles. The molecular weight excluding hydrogens is 1330 g/mol. The molecule has 0 aliphatic carbocycles. The number of hydrogen-bond donors (Lipinski definition) is 1. The number of likely N-dealkylation sites (N-methyl/N-ethyl adjacent to an activating group) is 1. The number of alkyl halides is 3. The number of amides is 1. The third kappa shape index (κ3) is 18.2. The second kappa shape index (κ2) is 36.4. The van der Waals surface area contributed by atoms with E-state index in [1.807, 2.05) is 177 Å². The number of Topliss-reactive ketones (excluding diaryl/α,β-unsaturated/α-hetero) is 6. The molecule has 13 heterocycles. The average Bonchev–Trinajstić information content (AvgIpc) is 1.60. The molecule has 552 valence electrons. The maximum absolute atomic E-state index is 12.7. The number of para-hydroxylation sites is 1. The number of nitrogens with one attached hydrogen (secondary N) is 1. The van der Waals surface area contributed by atoms with Gasteiger partial charge in [-0.3, -0.25) is 33.6 Å². The van der Waals surface area contributed by atoms with Gasteiger partial charge in [-0.1, -0.05) is 164 Å². The van der Waals surface area contributed by atoms with E-state index in [2.05, 4.69) is 21.9 Å². The van der Waals surface area contributed by atoms with Gasteiger partial charge in [0.25, 0.3) is 0 Å². The van der Waals surface area contributed by atoms with Crippen molar-refractivity contribution in [2.75, 3.05) is 25.1 Å². The molecule has 2 aromatic rings. The molecule has 20 heteroatoms. The van der Waals surface area contributed by atoms with Crippen molar-refractivity contribution in [3.05, 3.63) is 206 Å². The van der Waals surface area contributed by atoms with Gasteiger partial charge in [0.15, 0.2) is 34.7 Å². The predicted molar refractivity (Wildman–Crippen MR) is 389 cm³/mol. The summed E-state index contributed by atoms with van der Waals surface area (Å²) in [7, 11) is 1.31. The Morgan fingerprint density at radius 3 is 1.31 bits per heavy atom. The Labute approximate surface area is 607 Å². The number of methoxy groups -OCH3 is 1. The normalized spacial score (nSPS) is 25.8. The summed E-state index contributed by atoms with van der Waals surface area (Å²) in [4.78, 5) is 95.8. The molecule has 2 aromatic carbocycles. The van der Waals surface area contributed by atoms with E-state index in [4.69, 9.17) is 28.4 Å². The maximum atomic E-state index is 12.7. The van der Waals surface area contributed by atoms with E-state index in [1.54, 1.807) is 13.0 Å². The largest absolute Gasteiger partial charge is 0.466 e. The van der Waals surface area contributed by atoms with Crippen LogP contribution in [0.5, 0.6) is 0 Å². The number of fused-ring (bicyclic) bond motifs is 14. The molecule has 13 aliphatic rings. The fraction of sp³-hybridized carbons (Fsp3) is 0.452. The number of benzene rings is 2. The molecule has 12 bridgehead atoms. The number of anilines is 1. The van der Waals surface area contributed by atoms with Gasteiger partial charge in [0.2, 0.25) is 5.91 Å². The highest BCUT2D eigenvalue weighted by Gasteiger charge is 2.51. The molecule has 1 amide bonds. The van der Waals surface area contributed by atoms with Crippen LogP contribution in [-0.2, 0) is 78.1 Å². The minimum absolute atomic E-state index is 0.0141. The minimum Gasteiger partial charge on any atom is -0.466 e. The lowest BCUT2D eigenvalue weighted by atomic mass is 9.92. The molecule has 12 atom stereocenters. The van der Waals surface area contributed by atoms with Crippen LogP contribution in [0.15, 0.2) is 189 Å². The van der Waals surface area contributed by atoms with Gasteiger partial charge in [-0.15, -0.1) is 0 Å². The summed E-state index contributed by atoms with van der Waals surface area (Å²) in [5.74, 6) is 6.55. The quantitative estimate of drug-likeness (QED) is 0.0698. The summed E-state index contributed by atoms with van der Waals surface area (Å²) in [6.45, 7) is 21.3. The number of nitrogens with zero attached hydrogens (tertiary/aromatic N) is 1. The van der Waals surface area contributed by atoms with Crippen molar-refractivity contribution in [2.24, 2.45) is 0 Å². The fourth-order valence-electron chi connectivity index (χ4n) is 14.1. The molecule has 0 aromatic heterocycles. The molecule has 0 saturated heterocycles. The van der Waals surface area contributed by atoms with Crippen molar-refractivity contribution in [2.45, 2.75) is 226 Å². The van der Waals surface area contributed by atoms with Crippen LogP contribution in [0.25, 0.3) is 0 Å². The summed E-state index contributed by atoms with van der Waals surface area (Å²) in [5, 5.41) is 3.11. The van der Waals surface area contributed by atoms with E-state index in [1.165, 1.54) is 19.3 Å². The number of carbonyl (C=O) groups excluding carboxylic acids is 8. The number of esters is 1. The van der Waals surface area contributed by atoms with Crippen LogP contribution in [0.1, 0.15) is 157 Å². The van der Waals surface area contributed by atoms with Crippen molar-refractivity contribution in [1.82, 2.24) is 5.32 Å². The first-order valence-electron chi connectivity index (χ1n) is 36.3. The third-order valence-electron chi connectivity index (χ3n) is 19.3. The standard InChI is InChI=1S/C19H18N2O.C12H14O4.C11H11F3O2.2C11H14O2.2C10H12O2/c1-2-20-13-19(22)21-14-17-9-4-3-7-15(17)11-12-16-8-5-6-10-18(16)21;1-3-4-7(13)10-8-5-6-9(16-8)11(10)12(14)15-2;1-2-3-6(15)9-7-4-5-8(16-7)10(9)11(12,13)14;2*1-3-4-8(12)11-7(2)9-5-6-10(11)13-9;1-3-7(11)10-6(2)8-4-5-9(10)12-8;1-2-3-9(11)8-6-7-4-5-10(8)12-7/h3-10,20H,2,13-14H2,1H3;5-6,8-9H,3-4H2,1-2H3;4-5,7-8H,2-3H2,1H3;2*5-6,9-10H,3-4H2,1-2H3;4-5,8-9H,3H2,1-2H3;4-7,10H,2-3H2,1H3. The molecule has 0 radical (unpaired) electrons. The van der Waals surface area contributed by atoms with E-state index < -0.39 is 41.8 Å². The number of hydrogen-bond acceptors (Lipinski definition) is 16. The van der Waals surface area contributed by atoms with Crippen LogP contribution in [-0.4, -0.2) is 146 Å². The van der Waals surface area contributed by atoms with Crippen molar-refractivity contribution in [1.29, 1.82) is 0 Å². The Bertz CT molecular complexity index is 4060. The van der Waals surface area contributed by atoms with E-state index in [0.29, 0.717) is 62.8 Å². The number of halogens is 3. The highest BCUT2D eigenvalue weighted by atomic mass is 19.4. The second-order valence-electron chi connectivity index (χ2n) is 26.6. The van der Waals surface area contributed by atoms with E-state index in [9.17, 15) is 51.5 Å². The summed E-state index contributed by atoms with van der Waals surface area (Å²) in [6.07, 6.45) is 24.6. The van der Waals surface area contributed by atoms with Gasteiger partial charge in [-0.25, -0.2) is 4.79 Å². The van der Waals surface area contributed by atoms with Crippen molar-refractivity contribution < 1.29 is 84.7 Å². The van der Waals surface area contributed by atoms with Crippen molar-refractivity contribution in [3.8, 4) is 11.8 Å². The van der Waals surface area contributed by atoms with Crippen LogP contribution in [0, 0.1) is 11.8 Å². The first-order chi connectivity index (χ1) is 49.9. The maximum Gasteiger partial charge on any atom is 0.415 e. The molecule has 1 N–H and O–H groups in total. The summed E-state index contributed by atoms with van der Waals surface area (Å²) in [6, 6.07) is 15.8. The number of ketones is 6. The van der Waals surface area contributed by atoms with E-state index in [-0.39, 0.29) is 102 Å². The zero-order valence-corrected chi connectivity index (χ0v) is 61.2. The van der Waals surface area contributed by atoms with Crippen LogP contribution in [0.3, 0.4) is 0 Å². The summed E-state index contributed by atoms with van der Waals surface area (Å²) < 4.78 is 75.5. The number of rotatable bonds is 21. The zero-order chi connectivity index (χ0) is 75.1. The van der Waals surface area contributed by atoms with Gasteiger partial charge in [-0.2, -0.15) is 13.2 Å².